The lowest BCUT2D eigenvalue weighted by Gasteiger charge is -2.48. The van der Waals surface area contributed by atoms with Gasteiger partial charge in [0.05, 0.1) is 24.4 Å². The quantitative estimate of drug-likeness (QED) is 0.115. The minimum absolute atomic E-state index is 0.00479. The van der Waals surface area contributed by atoms with E-state index in [4.69, 9.17) is 18.9 Å². The first kappa shape index (κ1) is 34.7. The van der Waals surface area contributed by atoms with E-state index in [2.05, 4.69) is 11.9 Å². The van der Waals surface area contributed by atoms with E-state index in [1.54, 1.807) is 20.8 Å². The minimum atomic E-state index is -1.50. The van der Waals surface area contributed by atoms with Crippen LogP contribution in [0.2, 0.25) is 0 Å². The summed E-state index contributed by atoms with van der Waals surface area (Å²) >= 11 is 0. The van der Waals surface area contributed by atoms with E-state index in [-0.39, 0.29) is 42.7 Å². The largest absolute Gasteiger partial charge is 0.508 e. The van der Waals surface area contributed by atoms with Crippen molar-refractivity contribution in [3.8, 4) is 11.5 Å². The number of aromatic hydroxyl groups is 2. The van der Waals surface area contributed by atoms with Gasteiger partial charge >= 0.3 is 5.97 Å². The van der Waals surface area contributed by atoms with Gasteiger partial charge in [0.2, 0.25) is 0 Å². The first-order chi connectivity index (χ1) is 20.0. The molecule has 0 aliphatic carbocycles. The van der Waals surface area contributed by atoms with Crippen LogP contribution in [0.25, 0.3) is 0 Å². The second-order valence-electron chi connectivity index (χ2n) is 12.5. The highest BCUT2D eigenvalue weighted by molar-refractivity contribution is 5.96. The van der Waals surface area contributed by atoms with Gasteiger partial charge in [-0.1, -0.05) is 26.3 Å². The van der Waals surface area contributed by atoms with Crippen LogP contribution < -0.4 is 5.32 Å². The van der Waals surface area contributed by atoms with Crippen molar-refractivity contribution >= 4 is 11.9 Å². The highest BCUT2D eigenvalue weighted by Crippen LogP contribution is 2.42. The molecule has 0 saturated carbocycles. The summed E-state index contributed by atoms with van der Waals surface area (Å²) in [7, 11) is 2.76. The number of aliphatic hydroxyl groups excluding tert-OH is 3. The zero-order valence-electron chi connectivity index (χ0n) is 26.0. The molecule has 1 aromatic rings. The third-order valence-electron chi connectivity index (χ3n) is 9.02. The lowest BCUT2D eigenvalue weighted by Crippen LogP contribution is -2.59. The molecule has 3 unspecified atom stereocenters. The highest BCUT2D eigenvalue weighted by Gasteiger charge is 2.48. The van der Waals surface area contributed by atoms with Crippen LogP contribution in [0.5, 0.6) is 11.5 Å². The maximum Gasteiger partial charge on any atom is 0.342 e. The first-order valence-electron chi connectivity index (χ1n) is 14.5. The molecule has 0 bridgehead atoms. The van der Waals surface area contributed by atoms with Crippen molar-refractivity contribution < 1.29 is 54.1 Å². The molecule has 3 rings (SSSR count). The van der Waals surface area contributed by atoms with E-state index in [0.717, 1.165) is 11.6 Å². The standard InChI is InChI=1S/C31H47NO11/c1-14(2)9-22(40-7)27(37)28(38)32-29(41-8)23-13-24(36)31(5,6)25(42-23)12-19(34)16(4)21-10-17-15(3)18(33)11-20(35)26(17)30(39)43-21/h11,16,19,21-25,27,29,33-37H,1,9-10,12-13H2,2-8H3,(H,32,38)/t16?,19-,21+,22?,23-,24+,25+,27-,29?/m0/s1. The molecule has 1 fully saturated rings. The van der Waals surface area contributed by atoms with Crippen LogP contribution in [-0.4, -0.2) is 101 Å². The van der Waals surface area contributed by atoms with E-state index < -0.39 is 72.2 Å². The van der Waals surface area contributed by atoms with Gasteiger partial charge in [-0.25, -0.2) is 4.79 Å². The SMILES string of the molecule is C=C(C)CC(OC)[C@H](O)C(=O)NC(OC)[C@@H]1C[C@@H](O)C(C)(C)[C@@H](C[C@H](O)C(C)[C@H]2Cc3c(C)c(O)cc(O)c3C(=O)O2)O1. The van der Waals surface area contributed by atoms with Gasteiger partial charge in [0.15, 0.2) is 12.3 Å². The lowest BCUT2D eigenvalue weighted by atomic mass is 9.73. The Labute approximate surface area is 252 Å². The number of phenols is 2. The summed E-state index contributed by atoms with van der Waals surface area (Å²) in [4.78, 5) is 25.6. The van der Waals surface area contributed by atoms with E-state index in [1.807, 2.05) is 13.8 Å². The van der Waals surface area contributed by atoms with Crippen molar-refractivity contribution in [3.05, 3.63) is 34.9 Å². The second-order valence-corrected chi connectivity index (χ2v) is 12.5. The molecule has 0 aromatic heterocycles. The predicted octanol–water partition coefficient (Wildman–Crippen LogP) is 1.85. The van der Waals surface area contributed by atoms with E-state index in [1.165, 1.54) is 14.2 Å². The number of esters is 1. The second kappa shape index (κ2) is 13.9. The molecular formula is C31H47NO11. The Morgan fingerprint density at radius 2 is 1.84 bits per heavy atom. The van der Waals surface area contributed by atoms with E-state index in [9.17, 15) is 35.1 Å². The Morgan fingerprint density at radius 1 is 1.19 bits per heavy atom. The van der Waals surface area contributed by atoms with Crippen LogP contribution in [0.4, 0.5) is 0 Å². The van der Waals surface area contributed by atoms with Crippen molar-refractivity contribution in [1.29, 1.82) is 0 Å². The van der Waals surface area contributed by atoms with E-state index in [0.29, 0.717) is 11.1 Å². The number of aliphatic hydroxyl groups is 3. The van der Waals surface area contributed by atoms with Crippen LogP contribution in [0.1, 0.15) is 68.4 Å². The van der Waals surface area contributed by atoms with Gasteiger partial charge in [-0.3, -0.25) is 4.79 Å². The molecule has 2 heterocycles. The van der Waals surface area contributed by atoms with Gasteiger partial charge in [-0.05, 0) is 31.4 Å². The molecule has 2 aliphatic rings. The lowest BCUT2D eigenvalue weighted by molar-refractivity contribution is -0.217. The van der Waals surface area contributed by atoms with Gasteiger partial charge in [0.1, 0.15) is 29.3 Å². The predicted molar refractivity (Wildman–Crippen MR) is 155 cm³/mol. The van der Waals surface area contributed by atoms with Crippen LogP contribution in [0.3, 0.4) is 0 Å². The number of amides is 1. The van der Waals surface area contributed by atoms with Crippen molar-refractivity contribution in [1.82, 2.24) is 5.32 Å². The van der Waals surface area contributed by atoms with E-state index >= 15 is 0 Å². The summed E-state index contributed by atoms with van der Waals surface area (Å²) in [5, 5.41) is 56.0. The Bertz CT molecular complexity index is 1180. The zero-order chi connectivity index (χ0) is 32.4. The summed E-state index contributed by atoms with van der Waals surface area (Å²) in [5.74, 6) is -2.57. The number of hydrogen-bond donors (Lipinski definition) is 6. The summed E-state index contributed by atoms with van der Waals surface area (Å²) in [6.07, 6.45) is -6.89. The molecule has 1 aromatic carbocycles. The number of carbonyl (C=O) groups excluding carboxylic acids is 2. The van der Waals surface area contributed by atoms with Crippen molar-refractivity contribution in [2.75, 3.05) is 14.2 Å². The van der Waals surface area contributed by atoms with Crippen molar-refractivity contribution in [2.45, 2.75) is 109 Å². The summed E-state index contributed by atoms with van der Waals surface area (Å²) in [6.45, 7) is 12.6. The Hall–Kier alpha value is -2.74. The number of rotatable bonds is 12. The number of ether oxygens (including phenoxy) is 4. The molecule has 0 radical (unpaired) electrons. The molecule has 9 atom stereocenters. The average molecular weight is 610 g/mol. The molecule has 242 valence electrons. The third-order valence-corrected chi connectivity index (χ3v) is 9.02. The average Bonchev–Trinajstić information content (AvgIpc) is 2.94. The van der Waals surface area contributed by atoms with Gasteiger partial charge < -0.3 is 49.8 Å². The number of nitrogens with one attached hydrogen (secondary N) is 1. The molecule has 6 N–H and O–H groups in total. The van der Waals surface area contributed by atoms with Crippen LogP contribution in [-0.2, 0) is 30.2 Å². The van der Waals surface area contributed by atoms with Crippen LogP contribution in [0, 0.1) is 18.3 Å². The fraction of sp³-hybridized carbons (Fsp3) is 0.677. The Balaban J connectivity index is 1.73. The van der Waals surface area contributed by atoms with Gasteiger partial charge in [-0.15, -0.1) is 6.58 Å². The molecule has 1 saturated heterocycles. The summed E-state index contributed by atoms with van der Waals surface area (Å²) in [6, 6.07) is 1.10. The minimum Gasteiger partial charge on any atom is -0.508 e. The maximum absolute atomic E-state index is 12.9. The molecule has 2 aliphatic heterocycles. The molecule has 12 nitrogen and oxygen atoms in total. The summed E-state index contributed by atoms with van der Waals surface area (Å²) in [5.41, 5.74) is 0.851. The maximum atomic E-state index is 12.9. The topological polar surface area (TPSA) is 184 Å². The number of fused-ring (bicyclic) bond motifs is 1. The van der Waals surface area contributed by atoms with Gasteiger partial charge in [0, 0.05) is 50.9 Å². The fourth-order valence-corrected chi connectivity index (χ4v) is 5.80. The number of phenolic OH excluding ortho intramolecular Hbond substituents is 2. The van der Waals surface area contributed by atoms with Crippen molar-refractivity contribution in [3.63, 3.8) is 0 Å². The smallest absolute Gasteiger partial charge is 0.342 e. The Kier molecular flexibility index (Phi) is 11.2. The highest BCUT2D eigenvalue weighted by atomic mass is 16.6. The Morgan fingerprint density at radius 3 is 2.42 bits per heavy atom. The summed E-state index contributed by atoms with van der Waals surface area (Å²) < 4.78 is 22.7. The molecule has 0 spiro atoms. The number of carbonyl (C=O) groups is 2. The molecule has 1 amide bonds. The van der Waals surface area contributed by atoms with Crippen LogP contribution in [0.15, 0.2) is 18.2 Å². The zero-order valence-corrected chi connectivity index (χ0v) is 26.0. The number of cyclic esters (lactones) is 1. The van der Waals surface area contributed by atoms with Crippen molar-refractivity contribution in [2.24, 2.45) is 11.3 Å². The first-order valence-corrected chi connectivity index (χ1v) is 14.5. The van der Waals surface area contributed by atoms with Gasteiger partial charge in [0.25, 0.3) is 5.91 Å². The van der Waals surface area contributed by atoms with Gasteiger partial charge in [-0.2, -0.15) is 0 Å². The molecule has 12 heteroatoms. The third kappa shape index (κ3) is 7.50. The fourth-order valence-electron chi connectivity index (χ4n) is 5.80. The normalized spacial score (nSPS) is 26.8. The molecule has 43 heavy (non-hydrogen) atoms. The number of benzene rings is 1. The number of methoxy groups -OCH3 is 2. The monoisotopic (exact) mass is 609 g/mol. The van der Waals surface area contributed by atoms with Crippen LogP contribution >= 0.6 is 0 Å². The molecular weight excluding hydrogens is 562 g/mol. The number of hydrogen-bond acceptors (Lipinski definition) is 11.